The quantitative estimate of drug-likeness (QED) is 0.166. The molecule has 2 aromatic heterocycles. The molecule has 10 rings (SSSR count). The third kappa shape index (κ3) is 6.16. The Morgan fingerprint density at radius 2 is 0.618 bits per heavy atom. The molecule has 0 atom stereocenters. The predicted octanol–water partition coefficient (Wildman–Crippen LogP) is 13.4. The van der Waals surface area contributed by atoms with Crippen LogP contribution in [-0.4, -0.2) is 15.0 Å². The van der Waals surface area contributed by atoms with Gasteiger partial charge in [0.1, 0.15) is 11.2 Å². The monoisotopic (exact) mass is 703 g/mol. The van der Waals surface area contributed by atoms with Gasteiger partial charge in [0, 0.05) is 38.6 Å². The van der Waals surface area contributed by atoms with Gasteiger partial charge >= 0.3 is 0 Å². The number of aromatic nitrogens is 3. The lowest BCUT2D eigenvalue weighted by molar-refractivity contribution is 0.671. The van der Waals surface area contributed by atoms with Crippen molar-refractivity contribution in [3.63, 3.8) is 0 Å². The summed E-state index contributed by atoms with van der Waals surface area (Å²) in [5.41, 5.74) is 13.1. The molecule has 0 bridgehead atoms. The van der Waals surface area contributed by atoms with Gasteiger partial charge in [0.25, 0.3) is 0 Å². The SMILES string of the molecule is c1ccc(-c2ccc(-c3nc(-c4ccccc4)nc(-c4cc(-c5ccccc5)cc(-c5cccc6c5oc5c(-c7ccccc7)cccc56)c4)n3)cc2)cc1. The van der Waals surface area contributed by atoms with Crippen molar-refractivity contribution in [3.05, 3.63) is 200 Å². The van der Waals surface area contributed by atoms with Gasteiger partial charge in [0.05, 0.1) is 0 Å². The van der Waals surface area contributed by atoms with Crippen molar-refractivity contribution in [3.8, 4) is 78.7 Å². The summed E-state index contributed by atoms with van der Waals surface area (Å²) >= 11 is 0. The number of benzene rings is 8. The number of hydrogen-bond acceptors (Lipinski definition) is 4. The van der Waals surface area contributed by atoms with Gasteiger partial charge in [-0.15, -0.1) is 0 Å². The Labute approximate surface area is 319 Å². The number of furan rings is 1. The topological polar surface area (TPSA) is 51.8 Å². The summed E-state index contributed by atoms with van der Waals surface area (Å²) < 4.78 is 6.87. The van der Waals surface area contributed by atoms with E-state index < -0.39 is 0 Å². The van der Waals surface area contributed by atoms with Gasteiger partial charge in [-0.25, -0.2) is 15.0 Å². The van der Waals surface area contributed by atoms with Crippen molar-refractivity contribution in [1.82, 2.24) is 15.0 Å². The minimum Gasteiger partial charge on any atom is -0.455 e. The zero-order chi connectivity index (χ0) is 36.6. The van der Waals surface area contributed by atoms with E-state index >= 15 is 0 Å². The number of hydrogen-bond donors (Lipinski definition) is 0. The molecule has 4 nitrogen and oxygen atoms in total. The molecule has 2 heterocycles. The molecule has 0 spiro atoms. The van der Waals surface area contributed by atoms with Crippen LogP contribution >= 0.6 is 0 Å². The summed E-state index contributed by atoms with van der Waals surface area (Å²) in [4.78, 5) is 15.3. The largest absolute Gasteiger partial charge is 0.455 e. The maximum atomic E-state index is 6.87. The molecule has 0 saturated carbocycles. The van der Waals surface area contributed by atoms with Gasteiger partial charge in [-0.2, -0.15) is 0 Å². The van der Waals surface area contributed by atoms with Gasteiger partial charge in [0.15, 0.2) is 17.5 Å². The standard InChI is InChI=1S/C51H33N3O/c1-5-15-34(16-6-1)36-27-29-39(30-28-36)50-52-49(38-21-11-4-12-22-38)53-51(54-50)42-32-40(35-17-7-2-8-18-35)31-41(33-42)44-24-14-26-46-45-25-13-23-43(47(45)55-48(44)46)37-19-9-3-10-20-37/h1-33H. The van der Waals surface area contributed by atoms with Gasteiger partial charge in [-0.05, 0) is 51.6 Å². The highest BCUT2D eigenvalue weighted by Crippen LogP contribution is 2.41. The van der Waals surface area contributed by atoms with Gasteiger partial charge in [-0.1, -0.05) is 182 Å². The van der Waals surface area contributed by atoms with E-state index in [0.717, 1.165) is 83.1 Å². The Morgan fingerprint density at radius 1 is 0.255 bits per heavy atom. The normalized spacial score (nSPS) is 11.3. The molecule has 0 fully saturated rings. The highest BCUT2D eigenvalue weighted by atomic mass is 16.3. The maximum Gasteiger partial charge on any atom is 0.164 e. The van der Waals surface area contributed by atoms with Crippen LogP contribution in [0.25, 0.3) is 101 Å². The lowest BCUT2D eigenvalue weighted by atomic mass is 9.94. The van der Waals surface area contributed by atoms with Crippen LogP contribution in [0.5, 0.6) is 0 Å². The van der Waals surface area contributed by atoms with Crippen molar-refractivity contribution in [2.75, 3.05) is 0 Å². The molecule has 0 radical (unpaired) electrons. The first-order valence-electron chi connectivity index (χ1n) is 18.4. The molecule has 0 saturated heterocycles. The first-order chi connectivity index (χ1) is 27.2. The summed E-state index contributed by atoms with van der Waals surface area (Å²) in [5, 5.41) is 2.16. The third-order valence-corrected chi connectivity index (χ3v) is 10.1. The number of fused-ring (bicyclic) bond motifs is 3. The number of nitrogens with zero attached hydrogens (tertiary/aromatic N) is 3. The molecule has 0 unspecified atom stereocenters. The van der Waals surface area contributed by atoms with Crippen LogP contribution in [0.2, 0.25) is 0 Å². The minimum absolute atomic E-state index is 0.596. The molecule has 55 heavy (non-hydrogen) atoms. The van der Waals surface area contributed by atoms with Crippen LogP contribution in [0.1, 0.15) is 0 Å². The van der Waals surface area contributed by atoms with Crippen molar-refractivity contribution in [2.45, 2.75) is 0 Å². The van der Waals surface area contributed by atoms with Crippen molar-refractivity contribution in [2.24, 2.45) is 0 Å². The van der Waals surface area contributed by atoms with Crippen LogP contribution in [0.15, 0.2) is 205 Å². The Kier molecular flexibility index (Phi) is 8.12. The molecule has 0 N–H and O–H groups in total. The molecule has 10 aromatic rings. The molecule has 258 valence electrons. The summed E-state index contributed by atoms with van der Waals surface area (Å²) in [6.45, 7) is 0. The fourth-order valence-electron chi connectivity index (χ4n) is 7.39. The zero-order valence-electron chi connectivity index (χ0n) is 29.8. The maximum absolute atomic E-state index is 6.87. The Bertz CT molecular complexity index is 2940. The highest BCUT2D eigenvalue weighted by molar-refractivity contribution is 6.13. The fraction of sp³-hybridized carbons (Fsp3) is 0. The summed E-state index contributed by atoms with van der Waals surface area (Å²) in [6.07, 6.45) is 0. The summed E-state index contributed by atoms with van der Waals surface area (Å²) in [6, 6.07) is 69.2. The van der Waals surface area contributed by atoms with Crippen LogP contribution in [0, 0.1) is 0 Å². The average molecular weight is 704 g/mol. The van der Waals surface area contributed by atoms with Gasteiger partial charge in [0.2, 0.25) is 0 Å². The molecule has 8 aromatic carbocycles. The average Bonchev–Trinajstić information content (AvgIpc) is 3.67. The molecule has 0 aliphatic carbocycles. The second-order valence-corrected chi connectivity index (χ2v) is 13.6. The zero-order valence-corrected chi connectivity index (χ0v) is 29.8. The van der Waals surface area contributed by atoms with Crippen LogP contribution in [0.4, 0.5) is 0 Å². The first kappa shape index (κ1) is 32.2. The second kappa shape index (κ2) is 13.8. The Morgan fingerprint density at radius 3 is 1.16 bits per heavy atom. The van der Waals surface area contributed by atoms with E-state index in [9.17, 15) is 0 Å². The van der Waals surface area contributed by atoms with Gasteiger partial charge in [-0.3, -0.25) is 0 Å². The Balaban J connectivity index is 1.17. The Hall–Kier alpha value is -7.43. The fourth-order valence-corrected chi connectivity index (χ4v) is 7.39. The van der Waals surface area contributed by atoms with E-state index in [1.54, 1.807) is 0 Å². The van der Waals surface area contributed by atoms with E-state index in [0.29, 0.717) is 17.5 Å². The minimum atomic E-state index is 0.596. The molecular formula is C51H33N3O. The van der Waals surface area contributed by atoms with Crippen LogP contribution in [-0.2, 0) is 0 Å². The molecular weight excluding hydrogens is 671 g/mol. The van der Waals surface area contributed by atoms with Crippen molar-refractivity contribution >= 4 is 21.9 Å². The molecule has 0 aliphatic heterocycles. The van der Waals surface area contributed by atoms with E-state index in [1.807, 2.05) is 48.5 Å². The molecule has 4 heteroatoms. The summed E-state index contributed by atoms with van der Waals surface area (Å²) in [7, 11) is 0. The van der Waals surface area contributed by atoms with Crippen molar-refractivity contribution in [1.29, 1.82) is 0 Å². The number of rotatable bonds is 7. The predicted molar refractivity (Wildman–Crippen MR) is 225 cm³/mol. The van der Waals surface area contributed by atoms with Crippen molar-refractivity contribution < 1.29 is 4.42 Å². The van der Waals surface area contributed by atoms with Crippen LogP contribution in [0.3, 0.4) is 0 Å². The summed E-state index contributed by atoms with van der Waals surface area (Å²) in [5.74, 6) is 1.83. The highest BCUT2D eigenvalue weighted by Gasteiger charge is 2.19. The van der Waals surface area contributed by atoms with Crippen LogP contribution < -0.4 is 0 Å². The molecule has 0 amide bonds. The lowest BCUT2D eigenvalue weighted by Crippen LogP contribution is -2.00. The van der Waals surface area contributed by atoms with E-state index in [-0.39, 0.29) is 0 Å². The van der Waals surface area contributed by atoms with E-state index in [4.69, 9.17) is 19.4 Å². The second-order valence-electron chi connectivity index (χ2n) is 13.6. The third-order valence-electron chi connectivity index (χ3n) is 10.1. The lowest BCUT2D eigenvalue weighted by Gasteiger charge is -2.13. The number of para-hydroxylation sites is 2. The van der Waals surface area contributed by atoms with Gasteiger partial charge < -0.3 is 4.42 Å². The van der Waals surface area contributed by atoms with E-state index in [1.165, 1.54) is 0 Å². The smallest absolute Gasteiger partial charge is 0.164 e. The molecule has 0 aliphatic rings. The first-order valence-corrected chi connectivity index (χ1v) is 18.4. The van der Waals surface area contributed by atoms with E-state index in [2.05, 4.69) is 152 Å².